The number of ether oxygens (including phenoxy) is 1. The molecule has 0 aliphatic carbocycles. The van der Waals surface area contributed by atoms with Crippen LogP contribution in [0.15, 0.2) is 24.3 Å². The van der Waals surface area contributed by atoms with Crippen molar-refractivity contribution in [1.29, 1.82) is 0 Å². The predicted molar refractivity (Wildman–Crippen MR) is 128 cm³/mol. The zero-order valence-electron chi connectivity index (χ0n) is 19.5. The molecular weight excluding hydrogens is 456 g/mol. The van der Waals surface area contributed by atoms with Crippen molar-refractivity contribution in [2.75, 3.05) is 30.4 Å². The molecule has 1 N–H and O–H groups in total. The van der Waals surface area contributed by atoms with Crippen molar-refractivity contribution in [3.8, 4) is 0 Å². The molecule has 4 rings (SSSR count). The molecule has 2 aliphatic heterocycles. The van der Waals surface area contributed by atoms with Crippen molar-refractivity contribution in [2.45, 2.75) is 39.7 Å². The summed E-state index contributed by atoms with van der Waals surface area (Å²) in [5.74, 6) is -1.18. The van der Waals surface area contributed by atoms with E-state index >= 15 is 0 Å². The van der Waals surface area contributed by atoms with Crippen molar-refractivity contribution >= 4 is 45.8 Å². The Hall–Kier alpha value is -3.27. The molecule has 9 nitrogen and oxygen atoms in total. The SMILES string of the molecule is COC(=O)c1ccccc1N1CC(C(=O)Nc2nc3c(s2)CN(C(=O)CC(C)C)CC3)CC1=O. The number of nitrogens with zero attached hydrogens (tertiary/aromatic N) is 3. The van der Waals surface area contributed by atoms with Gasteiger partial charge in [-0.1, -0.05) is 37.3 Å². The molecule has 1 aromatic heterocycles. The zero-order chi connectivity index (χ0) is 24.4. The van der Waals surface area contributed by atoms with E-state index in [2.05, 4.69) is 10.3 Å². The maximum absolute atomic E-state index is 12.9. The van der Waals surface area contributed by atoms with Gasteiger partial charge in [0.15, 0.2) is 5.13 Å². The fourth-order valence-electron chi connectivity index (χ4n) is 4.26. The average molecular weight is 485 g/mol. The van der Waals surface area contributed by atoms with E-state index in [-0.39, 0.29) is 36.3 Å². The highest BCUT2D eigenvalue weighted by Gasteiger charge is 2.37. The van der Waals surface area contributed by atoms with E-state index in [1.807, 2.05) is 18.7 Å². The molecule has 0 saturated carbocycles. The van der Waals surface area contributed by atoms with Crippen molar-refractivity contribution in [2.24, 2.45) is 11.8 Å². The van der Waals surface area contributed by atoms with Crippen LogP contribution in [0.4, 0.5) is 10.8 Å². The van der Waals surface area contributed by atoms with Crippen LogP contribution >= 0.6 is 11.3 Å². The van der Waals surface area contributed by atoms with Gasteiger partial charge in [-0.3, -0.25) is 14.4 Å². The minimum absolute atomic E-state index is 0.0455. The van der Waals surface area contributed by atoms with E-state index in [9.17, 15) is 19.2 Å². The maximum Gasteiger partial charge on any atom is 0.339 e. The van der Waals surface area contributed by atoms with E-state index in [0.29, 0.717) is 42.7 Å². The summed E-state index contributed by atoms with van der Waals surface area (Å²) < 4.78 is 4.82. The second-order valence-electron chi connectivity index (χ2n) is 8.96. The summed E-state index contributed by atoms with van der Waals surface area (Å²) in [6.07, 6.45) is 1.22. The quantitative estimate of drug-likeness (QED) is 0.632. The van der Waals surface area contributed by atoms with E-state index in [1.165, 1.54) is 23.3 Å². The van der Waals surface area contributed by atoms with E-state index in [4.69, 9.17) is 4.74 Å². The number of fused-ring (bicyclic) bond motifs is 1. The summed E-state index contributed by atoms with van der Waals surface area (Å²) in [6.45, 7) is 5.35. The Morgan fingerprint density at radius 3 is 2.76 bits per heavy atom. The fraction of sp³-hybridized carbons (Fsp3) is 0.458. The molecule has 1 atom stereocenters. The molecule has 0 spiro atoms. The third-order valence-electron chi connectivity index (χ3n) is 5.99. The summed E-state index contributed by atoms with van der Waals surface area (Å²) >= 11 is 1.37. The molecule has 2 aromatic rings. The van der Waals surface area contributed by atoms with Crippen LogP contribution in [0.2, 0.25) is 0 Å². The lowest BCUT2D eigenvalue weighted by atomic mass is 10.1. The highest BCUT2D eigenvalue weighted by Crippen LogP contribution is 2.32. The van der Waals surface area contributed by atoms with Crippen LogP contribution in [-0.4, -0.2) is 53.8 Å². The number of hydrogen-bond donors (Lipinski definition) is 1. The molecule has 34 heavy (non-hydrogen) atoms. The van der Waals surface area contributed by atoms with Crippen molar-refractivity contribution in [3.05, 3.63) is 40.4 Å². The predicted octanol–water partition coefficient (Wildman–Crippen LogP) is 2.85. The number of hydrogen-bond acceptors (Lipinski definition) is 7. The molecule has 10 heteroatoms. The number of carbonyl (C=O) groups excluding carboxylic acids is 4. The van der Waals surface area contributed by atoms with Gasteiger partial charge in [-0.25, -0.2) is 9.78 Å². The fourth-order valence-corrected chi connectivity index (χ4v) is 5.28. The van der Waals surface area contributed by atoms with Gasteiger partial charge in [0.2, 0.25) is 17.7 Å². The zero-order valence-corrected chi connectivity index (χ0v) is 20.3. The summed E-state index contributed by atoms with van der Waals surface area (Å²) in [7, 11) is 1.29. The molecule has 0 radical (unpaired) electrons. The highest BCUT2D eigenvalue weighted by molar-refractivity contribution is 7.15. The topological polar surface area (TPSA) is 109 Å². The first-order valence-electron chi connectivity index (χ1n) is 11.3. The Bertz CT molecular complexity index is 1130. The third kappa shape index (κ3) is 4.96. The minimum atomic E-state index is -0.566. The Labute approximate surface area is 202 Å². The standard InChI is InChI=1S/C24H28N4O5S/c1-14(2)10-20(29)27-9-8-17-19(13-27)34-24(25-17)26-22(31)15-11-21(30)28(12-15)18-7-5-4-6-16(18)23(32)33-3/h4-7,14-15H,8-13H2,1-3H3,(H,25,26,31). The van der Waals surface area contributed by atoms with Gasteiger partial charge in [-0.05, 0) is 18.1 Å². The molecule has 180 valence electrons. The Morgan fingerprint density at radius 2 is 2.03 bits per heavy atom. The second kappa shape index (κ2) is 9.92. The number of amides is 3. The first-order chi connectivity index (χ1) is 16.3. The molecule has 0 bridgehead atoms. The monoisotopic (exact) mass is 484 g/mol. The smallest absolute Gasteiger partial charge is 0.339 e. The molecule has 1 saturated heterocycles. The first kappa shape index (κ1) is 23.9. The number of aromatic nitrogens is 1. The number of nitrogens with one attached hydrogen (secondary N) is 1. The average Bonchev–Trinajstić information content (AvgIpc) is 3.40. The lowest BCUT2D eigenvalue weighted by Crippen LogP contribution is -2.36. The van der Waals surface area contributed by atoms with E-state index in [0.717, 1.165) is 10.6 Å². The van der Waals surface area contributed by atoms with Crippen LogP contribution in [0.1, 0.15) is 47.6 Å². The highest BCUT2D eigenvalue weighted by atomic mass is 32.1. The van der Waals surface area contributed by atoms with Crippen LogP contribution < -0.4 is 10.2 Å². The molecule has 2 aliphatic rings. The lowest BCUT2D eigenvalue weighted by Gasteiger charge is -2.26. The van der Waals surface area contributed by atoms with Crippen molar-refractivity contribution in [3.63, 3.8) is 0 Å². The van der Waals surface area contributed by atoms with Gasteiger partial charge < -0.3 is 19.9 Å². The lowest BCUT2D eigenvalue weighted by molar-refractivity contribution is -0.132. The van der Waals surface area contributed by atoms with Crippen molar-refractivity contribution < 1.29 is 23.9 Å². The van der Waals surface area contributed by atoms with Gasteiger partial charge in [0.1, 0.15) is 0 Å². The van der Waals surface area contributed by atoms with Crippen molar-refractivity contribution in [1.82, 2.24) is 9.88 Å². The largest absolute Gasteiger partial charge is 0.465 e. The van der Waals surface area contributed by atoms with Crippen LogP contribution in [0.3, 0.4) is 0 Å². The summed E-state index contributed by atoms with van der Waals surface area (Å²) in [4.78, 5) is 59.0. The van der Waals surface area contributed by atoms with Crippen LogP contribution in [0.25, 0.3) is 0 Å². The van der Waals surface area contributed by atoms with E-state index < -0.39 is 11.9 Å². The maximum atomic E-state index is 12.9. The van der Waals surface area contributed by atoms with Gasteiger partial charge in [0.05, 0.1) is 36.5 Å². The number of para-hydroxylation sites is 1. The molecule has 1 fully saturated rings. The minimum Gasteiger partial charge on any atom is -0.465 e. The van der Waals surface area contributed by atoms with Gasteiger partial charge in [-0.2, -0.15) is 0 Å². The number of thiazole rings is 1. The number of methoxy groups -OCH3 is 1. The molecule has 3 amide bonds. The first-order valence-corrected chi connectivity index (χ1v) is 12.1. The number of carbonyl (C=O) groups is 4. The molecule has 3 heterocycles. The van der Waals surface area contributed by atoms with E-state index in [1.54, 1.807) is 24.3 Å². The normalized spacial score (nSPS) is 17.6. The Balaban J connectivity index is 1.42. The van der Waals surface area contributed by atoms with Gasteiger partial charge in [0.25, 0.3) is 0 Å². The summed E-state index contributed by atoms with van der Waals surface area (Å²) in [5, 5.41) is 3.33. The Morgan fingerprint density at radius 1 is 1.26 bits per heavy atom. The summed E-state index contributed by atoms with van der Waals surface area (Å²) in [6, 6.07) is 6.70. The number of esters is 1. The third-order valence-corrected chi connectivity index (χ3v) is 6.99. The molecular formula is C24H28N4O5S. The Kier molecular flexibility index (Phi) is 6.97. The van der Waals surface area contributed by atoms with Crippen LogP contribution in [-0.2, 0) is 32.1 Å². The number of anilines is 2. The number of benzene rings is 1. The van der Waals surface area contributed by atoms with Crippen LogP contribution in [0.5, 0.6) is 0 Å². The van der Waals surface area contributed by atoms with Gasteiger partial charge in [-0.15, -0.1) is 0 Å². The summed E-state index contributed by atoms with van der Waals surface area (Å²) in [5.41, 5.74) is 1.62. The van der Waals surface area contributed by atoms with Gasteiger partial charge >= 0.3 is 5.97 Å². The second-order valence-corrected chi connectivity index (χ2v) is 10.0. The number of rotatable bonds is 6. The molecule has 1 aromatic carbocycles. The van der Waals surface area contributed by atoms with Gasteiger partial charge in [0, 0.05) is 37.2 Å². The molecule has 1 unspecified atom stereocenters. The van der Waals surface area contributed by atoms with Crippen LogP contribution in [0, 0.1) is 11.8 Å².